The Bertz CT molecular complexity index is 541. The number of hydrogen-bond acceptors (Lipinski definition) is 1. The van der Waals surface area contributed by atoms with E-state index in [1.807, 2.05) is 0 Å². The van der Waals surface area contributed by atoms with Crippen LogP contribution in [0.3, 0.4) is 0 Å². The Hall–Kier alpha value is -0.0200. The molecule has 0 spiro atoms. The van der Waals surface area contributed by atoms with E-state index in [1.54, 1.807) is 7.11 Å². The normalized spacial score (nSPS) is 28.9. The zero-order valence-electron chi connectivity index (χ0n) is 13.1. The van der Waals surface area contributed by atoms with Gasteiger partial charge in [0.25, 0.3) is 0 Å². The molecule has 0 heterocycles. The first-order chi connectivity index (χ1) is 10.0. The molecule has 2 aliphatic carbocycles. The highest BCUT2D eigenvalue weighted by atomic mass is 79.9. The summed E-state index contributed by atoms with van der Waals surface area (Å²) >= 11 is 7.67. The molecule has 0 aromatic heterocycles. The molecule has 2 aliphatic rings. The van der Waals surface area contributed by atoms with Crippen LogP contribution in [0.1, 0.15) is 53.6 Å². The second-order valence-electron chi connectivity index (χ2n) is 6.89. The molecule has 0 aliphatic heterocycles. The molecule has 4 unspecified atom stereocenters. The summed E-state index contributed by atoms with van der Waals surface area (Å²) in [5.41, 5.74) is 3.86. The third-order valence-electron chi connectivity index (χ3n) is 5.62. The number of halogens is 2. The van der Waals surface area contributed by atoms with E-state index in [2.05, 4.69) is 51.8 Å². The van der Waals surface area contributed by atoms with E-state index in [-0.39, 0.29) is 0 Å². The van der Waals surface area contributed by atoms with Crippen LogP contribution in [-0.2, 0) is 0 Å². The average molecular weight is 416 g/mol. The lowest BCUT2D eigenvalue weighted by Crippen LogP contribution is -2.13. The van der Waals surface area contributed by atoms with Crippen molar-refractivity contribution >= 4 is 31.9 Å². The number of ether oxygens (including phenoxy) is 1. The summed E-state index contributed by atoms with van der Waals surface area (Å²) in [5.74, 6) is 3.96. The van der Waals surface area contributed by atoms with Crippen molar-refractivity contribution in [3.05, 3.63) is 27.2 Å². The van der Waals surface area contributed by atoms with Crippen LogP contribution < -0.4 is 4.74 Å². The summed E-state index contributed by atoms with van der Waals surface area (Å²) in [6.45, 7) is 4.32. The first-order valence-electron chi connectivity index (χ1n) is 7.98. The van der Waals surface area contributed by atoms with Gasteiger partial charge >= 0.3 is 0 Å². The lowest BCUT2D eigenvalue weighted by atomic mass is 9.84. The molecule has 0 saturated heterocycles. The first-order valence-corrected chi connectivity index (χ1v) is 9.69. The molecule has 0 radical (unpaired) electrons. The van der Waals surface area contributed by atoms with E-state index in [0.717, 1.165) is 23.5 Å². The Morgan fingerprint density at radius 1 is 1.29 bits per heavy atom. The summed E-state index contributed by atoms with van der Waals surface area (Å²) in [5, 5.41) is 0. The van der Waals surface area contributed by atoms with Gasteiger partial charge in [-0.15, -0.1) is 0 Å². The Morgan fingerprint density at radius 2 is 2.05 bits per heavy atom. The monoisotopic (exact) mass is 414 g/mol. The van der Waals surface area contributed by atoms with Crippen molar-refractivity contribution in [1.82, 2.24) is 0 Å². The second kappa shape index (κ2) is 6.23. The average Bonchev–Trinajstić information content (AvgIpc) is 3.04. The zero-order chi connectivity index (χ0) is 15.1. The maximum atomic E-state index is 5.71. The Morgan fingerprint density at radius 3 is 2.62 bits per heavy atom. The summed E-state index contributed by atoms with van der Waals surface area (Å²) in [7, 11) is 1.79. The van der Waals surface area contributed by atoms with Crippen LogP contribution in [0.25, 0.3) is 0 Å². The smallest absolute Gasteiger partial charge is 0.126 e. The molecule has 1 aromatic rings. The van der Waals surface area contributed by atoms with Crippen LogP contribution in [0.4, 0.5) is 0 Å². The van der Waals surface area contributed by atoms with Gasteiger partial charge in [0, 0.05) is 14.9 Å². The summed E-state index contributed by atoms with van der Waals surface area (Å²) in [6.07, 6.45) is 7.11. The maximum Gasteiger partial charge on any atom is 0.126 e. The number of rotatable bonds is 4. The van der Waals surface area contributed by atoms with Crippen molar-refractivity contribution in [3.8, 4) is 5.75 Å². The standard InChI is InChI=1S/C18H24Br2O/c1-10-6-15(19)11(2)17(18(10)21-3)16(20)9-14-8-12-4-5-13(14)7-12/h6,12-14,16H,4-5,7-9H2,1-3H3. The van der Waals surface area contributed by atoms with E-state index in [0.29, 0.717) is 4.83 Å². The highest BCUT2D eigenvalue weighted by Gasteiger charge is 2.40. The minimum Gasteiger partial charge on any atom is -0.496 e. The summed E-state index contributed by atoms with van der Waals surface area (Å²) in [6, 6.07) is 2.16. The third kappa shape index (κ3) is 2.93. The lowest BCUT2D eigenvalue weighted by Gasteiger charge is -2.26. The molecule has 1 nitrogen and oxygen atoms in total. The molecule has 3 heteroatoms. The van der Waals surface area contributed by atoms with Gasteiger partial charge in [-0.05, 0) is 74.5 Å². The molecule has 4 atom stereocenters. The van der Waals surface area contributed by atoms with E-state index in [4.69, 9.17) is 4.74 Å². The Balaban J connectivity index is 1.85. The highest BCUT2D eigenvalue weighted by molar-refractivity contribution is 9.10. The molecule has 1 aromatic carbocycles. The van der Waals surface area contributed by atoms with E-state index in [9.17, 15) is 0 Å². The van der Waals surface area contributed by atoms with Crippen LogP contribution >= 0.6 is 31.9 Å². The van der Waals surface area contributed by atoms with Crippen LogP contribution in [0.15, 0.2) is 10.5 Å². The number of methoxy groups -OCH3 is 1. The van der Waals surface area contributed by atoms with Crippen LogP contribution in [-0.4, -0.2) is 7.11 Å². The van der Waals surface area contributed by atoms with E-state index in [1.165, 1.54) is 53.3 Å². The summed E-state index contributed by atoms with van der Waals surface area (Å²) in [4.78, 5) is 0.396. The van der Waals surface area contributed by atoms with Gasteiger partial charge in [-0.2, -0.15) is 0 Å². The Labute approximate surface area is 145 Å². The molecule has 0 amide bonds. The topological polar surface area (TPSA) is 9.23 Å². The third-order valence-corrected chi connectivity index (χ3v) is 7.28. The molecule has 116 valence electrons. The summed E-state index contributed by atoms with van der Waals surface area (Å²) < 4.78 is 6.90. The van der Waals surface area contributed by atoms with Gasteiger partial charge in [0.2, 0.25) is 0 Å². The number of benzene rings is 1. The number of aryl methyl sites for hydroxylation is 1. The van der Waals surface area contributed by atoms with Gasteiger partial charge < -0.3 is 4.74 Å². The van der Waals surface area contributed by atoms with Gasteiger partial charge in [-0.1, -0.05) is 38.3 Å². The first kappa shape index (κ1) is 15.9. The van der Waals surface area contributed by atoms with Crippen LogP contribution in [0.5, 0.6) is 5.75 Å². The van der Waals surface area contributed by atoms with E-state index >= 15 is 0 Å². The van der Waals surface area contributed by atoms with Crippen LogP contribution in [0.2, 0.25) is 0 Å². The van der Waals surface area contributed by atoms with Crippen molar-refractivity contribution < 1.29 is 4.74 Å². The van der Waals surface area contributed by atoms with Gasteiger partial charge in [0.05, 0.1) is 7.11 Å². The quantitative estimate of drug-likeness (QED) is 0.521. The SMILES string of the molecule is COc1c(C)cc(Br)c(C)c1C(Br)CC1CC2CCC1C2. The fourth-order valence-corrected chi connectivity index (χ4v) is 6.16. The molecule has 2 fully saturated rings. The molecule has 0 N–H and O–H groups in total. The maximum absolute atomic E-state index is 5.71. The van der Waals surface area contributed by atoms with E-state index < -0.39 is 0 Å². The second-order valence-corrected chi connectivity index (χ2v) is 8.85. The Kier molecular flexibility index (Phi) is 4.71. The predicted molar refractivity (Wildman–Crippen MR) is 95.4 cm³/mol. The molecule has 21 heavy (non-hydrogen) atoms. The van der Waals surface area contributed by atoms with Crippen molar-refractivity contribution in [2.24, 2.45) is 17.8 Å². The van der Waals surface area contributed by atoms with Crippen molar-refractivity contribution in [2.45, 2.75) is 50.8 Å². The van der Waals surface area contributed by atoms with Crippen LogP contribution in [0, 0.1) is 31.6 Å². The fraction of sp³-hybridized carbons (Fsp3) is 0.667. The van der Waals surface area contributed by atoms with Crippen molar-refractivity contribution in [1.29, 1.82) is 0 Å². The largest absolute Gasteiger partial charge is 0.496 e. The lowest BCUT2D eigenvalue weighted by molar-refractivity contribution is 0.312. The minimum absolute atomic E-state index is 0.396. The highest BCUT2D eigenvalue weighted by Crippen LogP contribution is 2.53. The van der Waals surface area contributed by atoms with Crippen molar-refractivity contribution in [3.63, 3.8) is 0 Å². The molecular formula is C18H24Br2O. The number of hydrogen-bond donors (Lipinski definition) is 0. The molecule has 3 rings (SSSR count). The fourth-order valence-electron chi connectivity index (χ4n) is 4.57. The predicted octanol–water partition coefficient (Wildman–Crippen LogP) is 6.34. The van der Waals surface area contributed by atoms with Gasteiger partial charge in [0.15, 0.2) is 0 Å². The molecular weight excluding hydrogens is 392 g/mol. The van der Waals surface area contributed by atoms with Crippen molar-refractivity contribution in [2.75, 3.05) is 7.11 Å². The molecule has 2 bridgehead atoms. The van der Waals surface area contributed by atoms with Gasteiger partial charge in [0.1, 0.15) is 5.75 Å². The number of alkyl halides is 1. The zero-order valence-corrected chi connectivity index (χ0v) is 16.3. The van der Waals surface area contributed by atoms with Gasteiger partial charge in [-0.25, -0.2) is 0 Å². The van der Waals surface area contributed by atoms with Gasteiger partial charge in [-0.3, -0.25) is 0 Å². The minimum atomic E-state index is 0.396. The molecule has 2 saturated carbocycles. The number of fused-ring (bicyclic) bond motifs is 2.